The highest BCUT2D eigenvalue weighted by Gasteiger charge is 2.21. The van der Waals surface area contributed by atoms with Crippen LogP contribution in [-0.2, 0) is 6.54 Å². The number of rotatable bonds is 5. The fourth-order valence-electron chi connectivity index (χ4n) is 5.03. The van der Waals surface area contributed by atoms with Crippen molar-refractivity contribution in [3.05, 3.63) is 113 Å². The SMILES string of the molecule is Cc1noc(C)c1-c1ccc2c(c1)ncc1nc(C(C)c3ccccc3)n(Cc3ccccc3)c12. The van der Waals surface area contributed by atoms with Crippen LogP contribution in [0.15, 0.2) is 89.6 Å². The summed E-state index contributed by atoms with van der Waals surface area (Å²) in [7, 11) is 0. The molecular weight excluding hydrogens is 432 g/mol. The Bertz CT molecular complexity index is 1630. The molecule has 35 heavy (non-hydrogen) atoms. The van der Waals surface area contributed by atoms with Crippen LogP contribution in [0, 0.1) is 13.8 Å². The van der Waals surface area contributed by atoms with Crippen molar-refractivity contribution in [2.24, 2.45) is 0 Å². The van der Waals surface area contributed by atoms with Gasteiger partial charge in [-0.25, -0.2) is 4.98 Å². The third-order valence-electron chi connectivity index (χ3n) is 6.80. The summed E-state index contributed by atoms with van der Waals surface area (Å²) in [5.41, 5.74) is 8.43. The van der Waals surface area contributed by atoms with Crippen molar-refractivity contribution < 1.29 is 4.52 Å². The standard InChI is InChI=1S/C30H26N4O/c1-19(23-12-8-5-9-13-23)30-32-27-17-31-26-16-24(28-20(2)33-35-21(28)3)14-15-25(26)29(27)34(30)18-22-10-6-4-7-11-22/h4-17,19H,18H2,1-3H3. The first-order chi connectivity index (χ1) is 17.1. The second kappa shape index (κ2) is 8.51. The number of hydrogen-bond donors (Lipinski definition) is 0. The molecule has 5 heteroatoms. The molecule has 0 fully saturated rings. The van der Waals surface area contributed by atoms with E-state index in [1.807, 2.05) is 20.0 Å². The maximum atomic E-state index is 5.40. The van der Waals surface area contributed by atoms with E-state index in [0.29, 0.717) is 0 Å². The van der Waals surface area contributed by atoms with Gasteiger partial charge in [0.05, 0.1) is 22.9 Å². The highest BCUT2D eigenvalue weighted by atomic mass is 16.5. The Morgan fingerprint density at radius 1 is 0.886 bits per heavy atom. The van der Waals surface area contributed by atoms with Crippen molar-refractivity contribution in [3.63, 3.8) is 0 Å². The van der Waals surface area contributed by atoms with Gasteiger partial charge >= 0.3 is 0 Å². The van der Waals surface area contributed by atoms with Crippen LogP contribution in [0.25, 0.3) is 33.1 Å². The molecule has 6 rings (SSSR count). The maximum Gasteiger partial charge on any atom is 0.141 e. The number of nitrogens with zero attached hydrogens (tertiary/aromatic N) is 4. The summed E-state index contributed by atoms with van der Waals surface area (Å²) in [5.74, 6) is 2.00. The Kier molecular flexibility index (Phi) is 5.18. The molecule has 0 amide bonds. The molecule has 0 bridgehead atoms. The fraction of sp³-hybridized carbons (Fsp3) is 0.167. The molecular formula is C30H26N4O. The van der Waals surface area contributed by atoms with Crippen LogP contribution < -0.4 is 0 Å². The molecule has 0 N–H and O–H groups in total. The highest BCUT2D eigenvalue weighted by Crippen LogP contribution is 2.34. The Hall–Kier alpha value is -4.25. The molecule has 0 aliphatic heterocycles. The van der Waals surface area contributed by atoms with Gasteiger partial charge in [-0.05, 0) is 36.6 Å². The maximum absolute atomic E-state index is 5.40. The minimum Gasteiger partial charge on any atom is -0.361 e. The number of hydrogen-bond acceptors (Lipinski definition) is 4. The van der Waals surface area contributed by atoms with Crippen molar-refractivity contribution in [1.29, 1.82) is 0 Å². The number of aromatic nitrogens is 4. The number of benzene rings is 3. The number of pyridine rings is 1. The zero-order valence-corrected chi connectivity index (χ0v) is 20.1. The largest absolute Gasteiger partial charge is 0.361 e. The minimum absolute atomic E-state index is 0.143. The summed E-state index contributed by atoms with van der Waals surface area (Å²) >= 11 is 0. The normalized spacial score (nSPS) is 12.4. The molecule has 5 nitrogen and oxygen atoms in total. The third kappa shape index (κ3) is 3.69. The summed E-state index contributed by atoms with van der Waals surface area (Å²) in [5, 5.41) is 5.22. The molecule has 0 radical (unpaired) electrons. The van der Waals surface area contributed by atoms with Crippen molar-refractivity contribution in [2.75, 3.05) is 0 Å². The van der Waals surface area contributed by atoms with E-state index >= 15 is 0 Å². The Labute approximate surface area is 204 Å². The first kappa shape index (κ1) is 21.3. The lowest BCUT2D eigenvalue weighted by Crippen LogP contribution is -2.09. The minimum atomic E-state index is 0.143. The summed E-state index contributed by atoms with van der Waals surface area (Å²) in [4.78, 5) is 9.92. The van der Waals surface area contributed by atoms with Crippen LogP contribution in [-0.4, -0.2) is 19.7 Å². The van der Waals surface area contributed by atoms with Gasteiger partial charge in [-0.2, -0.15) is 0 Å². The van der Waals surface area contributed by atoms with Crippen molar-refractivity contribution in [2.45, 2.75) is 33.2 Å². The molecule has 0 aliphatic rings. The van der Waals surface area contributed by atoms with Gasteiger partial charge in [0.25, 0.3) is 0 Å². The lowest BCUT2D eigenvalue weighted by atomic mass is 10.00. The van der Waals surface area contributed by atoms with Gasteiger partial charge in [0, 0.05) is 23.4 Å². The predicted octanol–water partition coefficient (Wildman–Crippen LogP) is 7.06. The second-order valence-corrected chi connectivity index (χ2v) is 9.10. The third-order valence-corrected chi connectivity index (χ3v) is 6.80. The van der Waals surface area contributed by atoms with Gasteiger partial charge in [-0.1, -0.05) is 84.9 Å². The molecule has 0 aliphatic carbocycles. The van der Waals surface area contributed by atoms with Gasteiger partial charge in [0.2, 0.25) is 0 Å². The number of aryl methyl sites for hydroxylation is 2. The lowest BCUT2D eigenvalue weighted by Gasteiger charge is -2.16. The second-order valence-electron chi connectivity index (χ2n) is 9.10. The first-order valence-corrected chi connectivity index (χ1v) is 11.9. The van der Waals surface area contributed by atoms with Gasteiger partial charge in [0.15, 0.2) is 0 Å². The summed E-state index contributed by atoms with van der Waals surface area (Å²) < 4.78 is 7.77. The zero-order valence-electron chi connectivity index (χ0n) is 20.1. The van der Waals surface area contributed by atoms with Gasteiger partial charge in [-0.15, -0.1) is 0 Å². The predicted molar refractivity (Wildman–Crippen MR) is 140 cm³/mol. The Balaban J connectivity index is 1.58. The van der Waals surface area contributed by atoms with E-state index < -0.39 is 0 Å². The van der Waals surface area contributed by atoms with E-state index in [4.69, 9.17) is 14.5 Å². The van der Waals surface area contributed by atoms with E-state index in [-0.39, 0.29) is 5.92 Å². The van der Waals surface area contributed by atoms with Crippen molar-refractivity contribution in [1.82, 2.24) is 19.7 Å². The van der Waals surface area contributed by atoms with Crippen LogP contribution >= 0.6 is 0 Å². The summed E-state index contributed by atoms with van der Waals surface area (Å²) in [6.07, 6.45) is 1.90. The smallest absolute Gasteiger partial charge is 0.141 e. The molecule has 1 unspecified atom stereocenters. The van der Waals surface area contributed by atoms with Crippen LogP contribution in [0.1, 0.15) is 41.2 Å². The van der Waals surface area contributed by atoms with E-state index in [0.717, 1.165) is 56.9 Å². The summed E-state index contributed by atoms with van der Waals surface area (Å²) in [6, 6.07) is 27.6. The molecule has 0 spiro atoms. The topological polar surface area (TPSA) is 56.7 Å². The molecule has 6 aromatic rings. The van der Waals surface area contributed by atoms with E-state index in [9.17, 15) is 0 Å². The van der Waals surface area contributed by atoms with Crippen LogP contribution in [0.2, 0.25) is 0 Å². The monoisotopic (exact) mass is 458 g/mol. The van der Waals surface area contributed by atoms with E-state index in [1.165, 1.54) is 11.1 Å². The first-order valence-electron chi connectivity index (χ1n) is 11.9. The van der Waals surface area contributed by atoms with E-state index in [1.54, 1.807) is 0 Å². The van der Waals surface area contributed by atoms with Crippen LogP contribution in [0.3, 0.4) is 0 Å². The quantitative estimate of drug-likeness (QED) is 0.278. The highest BCUT2D eigenvalue weighted by molar-refractivity contribution is 6.03. The van der Waals surface area contributed by atoms with Crippen molar-refractivity contribution in [3.8, 4) is 11.1 Å². The average Bonchev–Trinajstić information content (AvgIpc) is 3.43. The van der Waals surface area contributed by atoms with Gasteiger partial charge < -0.3 is 9.09 Å². The lowest BCUT2D eigenvalue weighted by molar-refractivity contribution is 0.393. The van der Waals surface area contributed by atoms with Gasteiger partial charge in [-0.3, -0.25) is 4.98 Å². The number of imidazole rings is 1. The number of fused-ring (bicyclic) bond motifs is 3. The Morgan fingerprint density at radius 3 is 2.34 bits per heavy atom. The molecule has 0 saturated heterocycles. The Morgan fingerprint density at radius 2 is 1.63 bits per heavy atom. The molecule has 3 aromatic carbocycles. The summed E-state index contributed by atoms with van der Waals surface area (Å²) in [6.45, 7) is 6.89. The molecule has 3 heterocycles. The fourth-order valence-corrected chi connectivity index (χ4v) is 5.03. The average molecular weight is 459 g/mol. The van der Waals surface area contributed by atoms with Crippen LogP contribution in [0.4, 0.5) is 0 Å². The van der Waals surface area contributed by atoms with Gasteiger partial charge in [0.1, 0.15) is 17.1 Å². The zero-order chi connectivity index (χ0) is 23.9. The molecule has 172 valence electrons. The molecule has 3 aromatic heterocycles. The molecule has 0 saturated carbocycles. The van der Waals surface area contributed by atoms with Crippen LogP contribution in [0.5, 0.6) is 0 Å². The molecule has 1 atom stereocenters. The van der Waals surface area contributed by atoms with Crippen molar-refractivity contribution >= 4 is 21.9 Å². The van der Waals surface area contributed by atoms with E-state index in [2.05, 4.69) is 95.5 Å².